The molecule has 2 heteroatoms. The molecule has 0 N–H and O–H groups in total. The van der Waals surface area contributed by atoms with Crippen molar-refractivity contribution in [2.24, 2.45) is 0 Å². The highest BCUT2D eigenvalue weighted by molar-refractivity contribution is 6.94. The van der Waals surface area contributed by atoms with Crippen LogP contribution in [0.1, 0.15) is 11.1 Å². The zero-order chi connectivity index (χ0) is 19.2. The summed E-state index contributed by atoms with van der Waals surface area (Å²) in [5.74, 6) is 0. The number of hydrogen-bond donors (Lipinski definition) is 0. The quantitative estimate of drug-likeness (QED) is 0.389. The average molecular weight is 379 g/mol. The first kappa shape index (κ1) is 20.7. The maximum atomic E-state index is 3.84. The van der Waals surface area contributed by atoms with Gasteiger partial charge in [-0.2, -0.15) is 0 Å². The molecule has 138 valence electrons. The molecule has 0 atom stereocenters. The fraction of sp³-hybridized carbons (Fsp3) is 0.333. The van der Waals surface area contributed by atoms with Gasteiger partial charge < -0.3 is 0 Å². The third-order valence-electron chi connectivity index (χ3n) is 5.61. The van der Waals surface area contributed by atoms with Crippen molar-refractivity contribution >= 4 is 26.5 Å². The number of rotatable bonds is 9. The van der Waals surface area contributed by atoms with E-state index in [9.17, 15) is 0 Å². The van der Waals surface area contributed by atoms with E-state index in [0.29, 0.717) is 0 Å². The first-order chi connectivity index (χ1) is 12.3. The molecule has 0 amide bonds. The van der Waals surface area contributed by atoms with E-state index in [-0.39, 0.29) is 0 Å². The van der Waals surface area contributed by atoms with Gasteiger partial charge in [-0.3, -0.25) is 0 Å². The molecule has 0 radical (unpaired) electrons. The molecule has 0 aliphatic carbocycles. The van der Waals surface area contributed by atoms with Gasteiger partial charge in [-0.05, 0) is 24.0 Å². The van der Waals surface area contributed by atoms with Crippen molar-refractivity contribution in [1.82, 2.24) is 0 Å². The molecule has 0 saturated carbocycles. The minimum absolute atomic E-state index is 0.962. The molecule has 26 heavy (non-hydrogen) atoms. The van der Waals surface area contributed by atoms with Crippen LogP contribution in [0.5, 0.6) is 0 Å². The van der Waals surface area contributed by atoms with Gasteiger partial charge in [0.15, 0.2) is 0 Å². The van der Waals surface area contributed by atoms with Crippen LogP contribution in [0.4, 0.5) is 0 Å². The minimum atomic E-state index is -1.40. The summed E-state index contributed by atoms with van der Waals surface area (Å²) < 4.78 is 0. The smallest absolute Gasteiger partial charge is 0.0803 e. The molecule has 0 aliphatic heterocycles. The van der Waals surface area contributed by atoms with Crippen molar-refractivity contribution in [1.29, 1.82) is 0 Å². The number of benzene rings is 2. The summed E-state index contributed by atoms with van der Waals surface area (Å²) in [6.07, 6.45) is 5.88. The summed E-state index contributed by atoms with van der Waals surface area (Å²) in [4.78, 5) is 0. The van der Waals surface area contributed by atoms with Gasteiger partial charge in [-0.25, -0.2) is 0 Å². The average Bonchev–Trinajstić information content (AvgIpc) is 2.62. The Morgan fingerprint density at radius 2 is 0.923 bits per heavy atom. The molecule has 0 unspecified atom stereocenters. The molecular weight excluding hydrogens is 344 g/mol. The fourth-order valence-corrected chi connectivity index (χ4v) is 11.1. The van der Waals surface area contributed by atoms with Crippen molar-refractivity contribution in [2.75, 3.05) is 0 Å². The lowest BCUT2D eigenvalue weighted by Crippen LogP contribution is -2.47. The van der Waals surface area contributed by atoms with Gasteiger partial charge in [0.1, 0.15) is 0 Å². The third kappa shape index (κ3) is 5.42. The van der Waals surface area contributed by atoms with E-state index >= 15 is 0 Å². The molecule has 0 spiro atoms. The maximum Gasteiger partial charge on any atom is 0.0803 e. The van der Waals surface area contributed by atoms with Crippen LogP contribution in [0.15, 0.2) is 73.8 Å². The summed E-state index contributed by atoms with van der Waals surface area (Å²) in [6, 6.07) is 21.3. The molecule has 2 rings (SSSR count). The Hall–Kier alpha value is -1.65. The van der Waals surface area contributed by atoms with Gasteiger partial charge in [-0.15, -0.1) is 13.2 Å². The van der Waals surface area contributed by atoms with E-state index in [1.54, 1.807) is 10.4 Å². The predicted octanol–water partition coefficient (Wildman–Crippen LogP) is 5.67. The summed E-state index contributed by atoms with van der Waals surface area (Å²) in [7, 11) is -2.79. The van der Waals surface area contributed by atoms with E-state index in [4.69, 9.17) is 0 Å². The highest BCUT2D eigenvalue weighted by Gasteiger charge is 2.29. The van der Waals surface area contributed by atoms with Gasteiger partial charge in [0.25, 0.3) is 0 Å². The fourth-order valence-electron chi connectivity index (χ4n) is 3.43. The number of allylic oxidation sites excluding steroid dienone is 2. The highest BCUT2D eigenvalue weighted by atomic mass is 28.3. The van der Waals surface area contributed by atoms with Crippen LogP contribution in [0.25, 0.3) is 0 Å². The molecule has 0 aromatic heterocycles. The van der Waals surface area contributed by atoms with Gasteiger partial charge in [0, 0.05) is 0 Å². The Labute approximate surface area is 162 Å². The standard InChI is InChI=1S/C24H34Si2/c1-7-9-21-11-15-23(16-12-21)25(3,4)19-20-26(5,6)24-17-13-22(10-8-2)14-18-24/h7-8,11-18H,1-2,9-10,19-20H2,3-6H3. The van der Waals surface area contributed by atoms with Crippen LogP contribution in [0, 0.1) is 0 Å². The minimum Gasteiger partial charge on any atom is -0.103 e. The molecule has 0 bridgehead atoms. The normalized spacial score (nSPS) is 12.0. The molecule has 2 aromatic rings. The lowest BCUT2D eigenvalue weighted by atomic mass is 10.2. The predicted molar refractivity (Wildman–Crippen MR) is 125 cm³/mol. The van der Waals surface area contributed by atoms with Gasteiger partial charge in [0.05, 0.1) is 16.1 Å². The number of hydrogen-bond acceptors (Lipinski definition) is 0. The Bertz CT molecular complexity index is 656. The molecule has 0 aliphatic rings. The van der Waals surface area contributed by atoms with E-state index in [1.807, 2.05) is 12.2 Å². The van der Waals surface area contributed by atoms with Gasteiger partial charge >= 0.3 is 0 Å². The Morgan fingerprint density at radius 1 is 0.615 bits per heavy atom. The van der Waals surface area contributed by atoms with Gasteiger partial charge in [-0.1, -0.05) is 109 Å². The lowest BCUT2D eigenvalue weighted by Gasteiger charge is -2.29. The lowest BCUT2D eigenvalue weighted by molar-refractivity contribution is 1.26. The van der Waals surface area contributed by atoms with Crippen molar-refractivity contribution in [2.45, 2.75) is 51.1 Å². The summed E-state index contributed by atoms with van der Waals surface area (Å²) >= 11 is 0. The van der Waals surface area contributed by atoms with E-state index in [0.717, 1.165) is 12.8 Å². The summed E-state index contributed by atoms with van der Waals surface area (Å²) in [5.41, 5.74) is 2.73. The van der Waals surface area contributed by atoms with Crippen molar-refractivity contribution < 1.29 is 0 Å². The first-order valence-corrected chi connectivity index (χ1v) is 16.1. The second kappa shape index (κ2) is 8.83. The zero-order valence-electron chi connectivity index (χ0n) is 17.0. The van der Waals surface area contributed by atoms with Gasteiger partial charge in [0.2, 0.25) is 0 Å². The highest BCUT2D eigenvalue weighted by Crippen LogP contribution is 2.21. The topological polar surface area (TPSA) is 0 Å². The SMILES string of the molecule is C=CCc1ccc([Si](C)(C)CC[Si](C)(C)c2ccc(CC=C)cc2)cc1. The Kier molecular flexibility index (Phi) is 7.02. The monoisotopic (exact) mass is 378 g/mol. The molecule has 0 nitrogen and oxygen atoms in total. The molecular formula is C24H34Si2. The molecule has 0 saturated heterocycles. The van der Waals surface area contributed by atoms with Crippen LogP contribution in [0.2, 0.25) is 38.3 Å². The zero-order valence-corrected chi connectivity index (χ0v) is 19.0. The van der Waals surface area contributed by atoms with Crippen molar-refractivity contribution in [3.63, 3.8) is 0 Å². The summed E-state index contributed by atoms with van der Waals surface area (Å²) in [5, 5.41) is 3.16. The molecule has 0 heterocycles. The van der Waals surface area contributed by atoms with Crippen LogP contribution < -0.4 is 10.4 Å². The Morgan fingerprint density at radius 3 is 1.19 bits per heavy atom. The molecule has 2 aromatic carbocycles. The van der Waals surface area contributed by atoms with Crippen molar-refractivity contribution in [3.8, 4) is 0 Å². The van der Waals surface area contributed by atoms with Crippen LogP contribution in [-0.4, -0.2) is 16.1 Å². The molecule has 0 fully saturated rings. The maximum absolute atomic E-state index is 3.84. The van der Waals surface area contributed by atoms with E-state index in [1.165, 1.54) is 23.2 Å². The second-order valence-electron chi connectivity index (χ2n) is 8.65. The van der Waals surface area contributed by atoms with Crippen LogP contribution in [0.3, 0.4) is 0 Å². The third-order valence-corrected chi connectivity index (χ3v) is 12.9. The van der Waals surface area contributed by atoms with E-state index in [2.05, 4.69) is 87.9 Å². The van der Waals surface area contributed by atoms with Crippen LogP contribution >= 0.6 is 0 Å². The largest absolute Gasteiger partial charge is 0.103 e. The summed E-state index contributed by atoms with van der Waals surface area (Å²) in [6.45, 7) is 17.8. The second-order valence-corrected chi connectivity index (χ2v) is 18.3. The van der Waals surface area contributed by atoms with E-state index < -0.39 is 16.1 Å². The Balaban J connectivity index is 2.06. The van der Waals surface area contributed by atoms with Crippen LogP contribution in [-0.2, 0) is 12.8 Å². The first-order valence-electron chi connectivity index (χ1n) is 9.69. The van der Waals surface area contributed by atoms with Crippen molar-refractivity contribution in [3.05, 3.63) is 85.0 Å².